The van der Waals surface area contributed by atoms with Crippen LogP contribution in [-0.4, -0.2) is 29.5 Å². The van der Waals surface area contributed by atoms with Crippen LogP contribution in [0.1, 0.15) is 84.1 Å². The molecule has 0 aromatic heterocycles. The van der Waals surface area contributed by atoms with Gasteiger partial charge >= 0.3 is 0 Å². The quantitative estimate of drug-likeness (QED) is 0.268. The van der Waals surface area contributed by atoms with Crippen molar-refractivity contribution in [1.29, 1.82) is 0 Å². The number of hydrogen-bond donors (Lipinski definition) is 1. The van der Waals surface area contributed by atoms with Crippen LogP contribution in [0.5, 0.6) is 5.75 Å². The molecule has 0 aliphatic carbocycles. The molecule has 0 bridgehead atoms. The van der Waals surface area contributed by atoms with E-state index in [1.807, 2.05) is 18.2 Å². The van der Waals surface area contributed by atoms with E-state index in [1.165, 1.54) is 5.56 Å². The van der Waals surface area contributed by atoms with Crippen molar-refractivity contribution in [3.05, 3.63) is 64.7 Å². The van der Waals surface area contributed by atoms with Gasteiger partial charge in [-0.25, -0.2) is 4.67 Å². The predicted molar refractivity (Wildman–Crippen MR) is 141 cm³/mol. The molecule has 0 heterocycles. The number of rotatable bonds is 11. The molecule has 0 fully saturated rings. The first-order valence-corrected chi connectivity index (χ1v) is 13.3. The molecule has 184 valence electrons. The maximum atomic E-state index is 11.0. The molecule has 0 spiro atoms. The van der Waals surface area contributed by atoms with Gasteiger partial charge in [0.25, 0.3) is 8.53 Å². The molecule has 0 saturated carbocycles. The second kappa shape index (κ2) is 12.3. The molecular formula is C28H44NO3P. The summed E-state index contributed by atoms with van der Waals surface area (Å²) in [5.41, 5.74) is 4.22. The zero-order valence-electron chi connectivity index (χ0n) is 21.9. The molecule has 2 rings (SSSR count). The van der Waals surface area contributed by atoms with Gasteiger partial charge in [-0.05, 0) is 45.9 Å². The van der Waals surface area contributed by atoms with Gasteiger partial charge in [0.2, 0.25) is 0 Å². The fourth-order valence-electron chi connectivity index (χ4n) is 3.76. The first-order chi connectivity index (χ1) is 15.5. The highest BCUT2D eigenvalue weighted by Gasteiger charge is 2.26. The third-order valence-electron chi connectivity index (χ3n) is 5.74. The van der Waals surface area contributed by atoms with Gasteiger partial charge in [0.05, 0.1) is 13.2 Å². The zero-order chi connectivity index (χ0) is 24.6. The molecule has 1 N–H and O–H groups in total. The molecule has 0 aliphatic heterocycles. The van der Waals surface area contributed by atoms with Crippen molar-refractivity contribution < 1.29 is 14.2 Å². The van der Waals surface area contributed by atoms with Crippen LogP contribution in [0, 0.1) is 0 Å². The van der Waals surface area contributed by atoms with E-state index < -0.39 is 8.53 Å². The first kappa shape index (κ1) is 27.8. The molecule has 1 atom stereocenters. The van der Waals surface area contributed by atoms with E-state index in [4.69, 9.17) is 9.05 Å². The summed E-state index contributed by atoms with van der Waals surface area (Å²) in [5.74, 6) is 0.439. The topological polar surface area (TPSA) is 41.9 Å². The van der Waals surface area contributed by atoms with E-state index in [0.29, 0.717) is 19.0 Å². The molecule has 0 aliphatic rings. The Morgan fingerprint density at radius 1 is 0.818 bits per heavy atom. The summed E-state index contributed by atoms with van der Waals surface area (Å²) in [6.07, 6.45) is 1.82. The number of hydrogen-bond acceptors (Lipinski definition) is 4. The van der Waals surface area contributed by atoms with Gasteiger partial charge in [0, 0.05) is 13.1 Å². The monoisotopic (exact) mass is 473 g/mol. The van der Waals surface area contributed by atoms with Gasteiger partial charge in [-0.2, -0.15) is 0 Å². The average Bonchev–Trinajstić information content (AvgIpc) is 2.75. The first-order valence-electron chi connectivity index (χ1n) is 12.2. The Hall–Kier alpha value is -1.45. The Kier molecular flexibility index (Phi) is 10.4. The zero-order valence-corrected chi connectivity index (χ0v) is 22.8. The molecule has 5 heteroatoms. The molecule has 33 heavy (non-hydrogen) atoms. The lowest BCUT2D eigenvalue weighted by molar-refractivity contribution is 0.199. The summed E-state index contributed by atoms with van der Waals surface area (Å²) in [4.78, 5) is 0. The number of aromatic hydroxyl groups is 1. The standard InChI is InChI=1S/C28H44NO3P/c1-9-29(10-2)33(32-21-22-15-12-11-13-16-22)31-18-14-17-23-19-24(27(3,4)5)26(30)25(20-23)28(6,7)8/h11-13,15-16,19-20,30H,9-10,14,17-18,21H2,1-8H3. The minimum Gasteiger partial charge on any atom is -0.507 e. The molecule has 0 radical (unpaired) electrons. The van der Waals surface area contributed by atoms with Crippen LogP contribution in [0.15, 0.2) is 42.5 Å². The predicted octanol–water partition coefficient (Wildman–Crippen LogP) is 7.72. The smallest absolute Gasteiger partial charge is 0.259 e. The second-order valence-electron chi connectivity index (χ2n) is 10.6. The Labute approximate surface area is 203 Å². The van der Waals surface area contributed by atoms with Crippen LogP contribution in [0.2, 0.25) is 0 Å². The number of phenolic OH excluding ortho intramolecular Hbond substituents is 1. The normalized spacial score (nSPS) is 13.5. The summed E-state index contributed by atoms with van der Waals surface area (Å²) in [5, 5.41) is 11.0. The SMILES string of the molecule is CCN(CC)P(OCCCc1cc(C(C)(C)C)c(O)c(C(C)(C)C)c1)OCc1ccccc1. The van der Waals surface area contributed by atoms with E-state index in [9.17, 15) is 5.11 Å². The van der Waals surface area contributed by atoms with Gasteiger partial charge in [-0.1, -0.05) is 97.9 Å². The lowest BCUT2D eigenvalue weighted by Gasteiger charge is -2.28. The van der Waals surface area contributed by atoms with Crippen LogP contribution in [0.3, 0.4) is 0 Å². The van der Waals surface area contributed by atoms with Crippen molar-refractivity contribution in [2.75, 3.05) is 19.7 Å². The van der Waals surface area contributed by atoms with Gasteiger partial charge < -0.3 is 14.2 Å². The van der Waals surface area contributed by atoms with Gasteiger partial charge in [-0.15, -0.1) is 0 Å². The van der Waals surface area contributed by atoms with Crippen LogP contribution in [-0.2, 0) is 32.9 Å². The van der Waals surface area contributed by atoms with Gasteiger partial charge in [0.1, 0.15) is 5.75 Å². The fraction of sp³-hybridized carbons (Fsp3) is 0.571. The number of benzene rings is 2. The maximum absolute atomic E-state index is 11.0. The molecule has 1 unspecified atom stereocenters. The third kappa shape index (κ3) is 8.37. The fourth-order valence-corrected chi connectivity index (χ4v) is 5.17. The minimum atomic E-state index is -1.09. The van der Waals surface area contributed by atoms with E-state index in [-0.39, 0.29) is 10.8 Å². The second-order valence-corrected chi connectivity index (χ2v) is 12.2. The Bertz CT molecular complexity index is 817. The van der Waals surface area contributed by atoms with E-state index in [2.05, 4.69) is 84.3 Å². The summed E-state index contributed by atoms with van der Waals surface area (Å²) >= 11 is 0. The highest BCUT2D eigenvalue weighted by Crippen LogP contribution is 2.44. The average molecular weight is 474 g/mol. The number of aryl methyl sites for hydroxylation is 1. The van der Waals surface area contributed by atoms with Crippen molar-refractivity contribution >= 4 is 8.53 Å². The Balaban J connectivity index is 2.05. The Morgan fingerprint density at radius 2 is 1.36 bits per heavy atom. The summed E-state index contributed by atoms with van der Waals surface area (Å²) in [6.45, 7) is 20.2. The maximum Gasteiger partial charge on any atom is 0.259 e. The van der Waals surface area contributed by atoms with Gasteiger partial charge in [-0.3, -0.25) is 0 Å². The van der Waals surface area contributed by atoms with Crippen molar-refractivity contribution in [1.82, 2.24) is 4.67 Å². The van der Waals surface area contributed by atoms with Crippen LogP contribution in [0.4, 0.5) is 0 Å². The molecule has 0 amide bonds. The minimum absolute atomic E-state index is 0.112. The number of phenols is 1. The van der Waals surface area contributed by atoms with Crippen molar-refractivity contribution in [2.24, 2.45) is 0 Å². The summed E-state index contributed by atoms with van der Waals surface area (Å²) in [6, 6.07) is 14.6. The van der Waals surface area contributed by atoms with Crippen LogP contribution < -0.4 is 0 Å². The van der Waals surface area contributed by atoms with Gasteiger partial charge in [0.15, 0.2) is 0 Å². The third-order valence-corrected chi connectivity index (χ3v) is 7.52. The van der Waals surface area contributed by atoms with E-state index in [1.54, 1.807) is 0 Å². The molecule has 4 nitrogen and oxygen atoms in total. The summed E-state index contributed by atoms with van der Waals surface area (Å²) < 4.78 is 14.7. The lowest BCUT2D eigenvalue weighted by Crippen LogP contribution is -2.20. The van der Waals surface area contributed by atoms with Crippen molar-refractivity contribution in [2.45, 2.75) is 85.7 Å². The number of nitrogens with zero attached hydrogens (tertiary/aromatic N) is 1. The summed E-state index contributed by atoms with van der Waals surface area (Å²) in [7, 11) is -1.09. The van der Waals surface area contributed by atoms with E-state index in [0.717, 1.165) is 42.6 Å². The molecule has 0 saturated heterocycles. The van der Waals surface area contributed by atoms with Crippen molar-refractivity contribution in [3.63, 3.8) is 0 Å². The lowest BCUT2D eigenvalue weighted by atomic mass is 9.78. The molecule has 2 aromatic rings. The van der Waals surface area contributed by atoms with Crippen molar-refractivity contribution in [3.8, 4) is 5.75 Å². The Morgan fingerprint density at radius 3 is 1.85 bits per heavy atom. The highest BCUT2D eigenvalue weighted by molar-refractivity contribution is 7.44. The van der Waals surface area contributed by atoms with E-state index >= 15 is 0 Å². The van der Waals surface area contributed by atoms with Crippen LogP contribution in [0.25, 0.3) is 0 Å². The molecule has 2 aromatic carbocycles. The molecular weight excluding hydrogens is 429 g/mol. The highest BCUT2D eigenvalue weighted by atomic mass is 31.2. The van der Waals surface area contributed by atoms with Crippen LogP contribution >= 0.6 is 8.53 Å². The largest absolute Gasteiger partial charge is 0.507 e.